The maximum atomic E-state index is 11.9. The molecule has 0 fully saturated rings. The Morgan fingerprint density at radius 3 is 1.44 bits per heavy atom. The number of para-hydroxylation sites is 3. The van der Waals surface area contributed by atoms with E-state index in [4.69, 9.17) is 4.74 Å². The summed E-state index contributed by atoms with van der Waals surface area (Å²) < 4.78 is 10.1. The maximum Gasteiger partial charge on any atom is 0.333 e. The second-order valence-electron chi connectivity index (χ2n) is 11.5. The van der Waals surface area contributed by atoms with Crippen LogP contribution < -0.4 is 0 Å². The molecule has 2 heterocycles. The summed E-state index contributed by atoms with van der Waals surface area (Å²) in [4.78, 5) is 11.9. The topological polar surface area (TPSA) is 36.2 Å². The number of aromatic nitrogens is 2. The average molecular weight is 583 g/mol. The second-order valence-corrected chi connectivity index (χ2v) is 11.5. The van der Waals surface area contributed by atoms with Gasteiger partial charge in [0.2, 0.25) is 0 Å². The number of ether oxygens (including phenoxy) is 1. The van der Waals surface area contributed by atoms with Crippen LogP contribution in [0.3, 0.4) is 0 Å². The molecule has 0 aliphatic carbocycles. The van der Waals surface area contributed by atoms with Crippen molar-refractivity contribution in [1.82, 2.24) is 9.13 Å². The second kappa shape index (κ2) is 10.7. The fraction of sp³-hybridized carbons (Fsp3) is 0.0488. The highest BCUT2D eigenvalue weighted by atomic mass is 16.5. The van der Waals surface area contributed by atoms with Gasteiger partial charge < -0.3 is 13.9 Å². The van der Waals surface area contributed by atoms with Crippen LogP contribution in [0.25, 0.3) is 66.1 Å². The lowest BCUT2D eigenvalue weighted by molar-refractivity contribution is -0.140. The molecule has 0 saturated heterocycles. The Balaban J connectivity index is 1.13. The van der Waals surface area contributed by atoms with Crippen molar-refractivity contribution in [2.24, 2.45) is 0 Å². The summed E-state index contributed by atoms with van der Waals surface area (Å²) in [7, 11) is 0. The van der Waals surface area contributed by atoms with E-state index < -0.39 is 0 Å². The van der Waals surface area contributed by atoms with Crippen molar-refractivity contribution in [2.45, 2.75) is 13.5 Å². The third-order valence-corrected chi connectivity index (χ3v) is 8.62. The Morgan fingerprint density at radius 1 is 0.556 bits per heavy atom. The van der Waals surface area contributed by atoms with E-state index in [-0.39, 0.29) is 12.6 Å². The van der Waals surface area contributed by atoms with E-state index in [9.17, 15) is 4.79 Å². The molecule has 0 bridgehead atoms. The minimum absolute atomic E-state index is 0.214. The molecule has 4 nitrogen and oxygen atoms in total. The molecular weight excluding hydrogens is 552 g/mol. The number of fused-ring (bicyclic) bond motifs is 6. The zero-order valence-corrected chi connectivity index (χ0v) is 24.9. The molecule has 0 aliphatic heterocycles. The molecular formula is C41H30N2O2. The minimum atomic E-state index is -0.376. The predicted octanol–water partition coefficient (Wildman–Crippen LogP) is 10.2. The normalized spacial score (nSPS) is 11.5. The van der Waals surface area contributed by atoms with Gasteiger partial charge in [-0.15, -0.1) is 0 Å². The van der Waals surface area contributed by atoms with Crippen LogP contribution >= 0.6 is 0 Å². The molecule has 8 rings (SSSR count). The molecule has 0 radical (unpaired) electrons. The third-order valence-electron chi connectivity index (χ3n) is 8.62. The minimum Gasteiger partial charge on any atom is -0.457 e. The van der Waals surface area contributed by atoms with Crippen LogP contribution in [-0.2, 0) is 16.1 Å². The largest absolute Gasteiger partial charge is 0.457 e. The molecule has 6 aromatic carbocycles. The van der Waals surface area contributed by atoms with E-state index in [2.05, 4.69) is 149 Å². The average Bonchev–Trinajstić information content (AvgIpc) is 3.60. The molecule has 0 amide bonds. The van der Waals surface area contributed by atoms with Gasteiger partial charge >= 0.3 is 5.97 Å². The molecule has 8 aromatic rings. The van der Waals surface area contributed by atoms with Crippen molar-refractivity contribution in [3.8, 4) is 22.5 Å². The van der Waals surface area contributed by atoms with E-state index in [0.717, 1.165) is 44.3 Å². The van der Waals surface area contributed by atoms with Gasteiger partial charge in [-0.1, -0.05) is 91.5 Å². The van der Waals surface area contributed by atoms with Gasteiger partial charge in [-0.05, 0) is 78.2 Å². The number of carbonyl (C=O) groups is 1. The first-order valence-electron chi connectivity index (χ1n) is 15.1. The number of rotatable bonds is 6. The van der Waals surface area contributed by atoms with Crippen molar-refractivity contribution in [2.75, 3.05) is 0 Å². The standard InChI is InChI=1S/C41H30N2O2/c1-27(2)41(44)45-26-28-15-24-40-36(25-28)35-11-5-8-14-39(35)43(40)32-22-18-30(19-23-32)29-16-20-31(21-17-29)42-37-12-6-3-9-33(37)34-10-4-7-13-38(34)42/h3-25H,1,26H2,2H3. The maximum absolute atomic E-state index is 11.9. The predicted molar refractivity (Wildman–Crippen MR) is 185 cm³/mol. The molecule has 0 saturated carbocycles. The van der Waals surface area contributed by atoms with Crippen molar-refractivity contribution >= 4 is 49.6 Å². The van der Waals surface area contributed by atoms with E-state index in [0.29, 0.717) is 5.57 Å². The Bertz CT molecular complexity index is 2350. The zero-order chi connectivity index (χ0) is 30.5. The molecule has 0 unspecified atom stereocenters. The van der Waals surface area contributed by atoms with Crippen molar-refractivity contribution in [1.29, 1.82) is 0 Å². The van der Waals surface area contributed by atoms with Crippen LogP contribution in [0.5, 0.6) is 0 Å². The fourth-order valence-corrected chi connectivity index (χ4v) is 6.47. The van der Waals surface area contributed by atoms with E-state index in [1.54, 1.807) is 6.92 Å². The number of carbonyl (C=O) groups excluding carboxylic acids is 1. The molecule has 0 spiro atoms. The van der Waals surface area contributed by atoms with Crippen LogP contribution in [0.1, 0.15) is 12.5 Å². The fourth-order valence-electron chi connectivity index (χ4n) is 6.47. The first-order valence-corrected chi connectivity index (χ1v) is 15.1. The highest BCUT2D eigenvalue weighted by Crippen LogP contribution is 2.35. The summed E-state index contributed by atoms with van der Waals surface area (Å²) in [6.45, 7) is 5.55. The number of hydrogen-bond donors (Lipinski definition) is 0. The summed E-state index contributed by atoms with van der Waals surface area (Å²) in [6.07, 6.45) is 0. The number of hydrogen-bond acceptors (Lipinski definition) is 2. The zero-order valence-electron chi connectivity index (χ0n) is 24.9. The SMILES string of the molecule is C=C(C)C(=O)OCc1ccc2c(c1)c1ccccc1n2-c1ccc(-c2ccc(-n3c4ccccc4c4ccccc43)cc2)cc1. The smallest absolute Gasteiger partial charge is 0.333 e. The van der Waals surface area contributed by atoms with Gasteiger partial charge in [0.05, 0.1) is 22.1 Å². The Labute approximate surface area is 261 Å². The molecule has 0 atom stereocenters. The van der Waals surface area contributed by atoms with Crippen LogP contribution in [-0.4, -0.2) is 15.1 Å². The summed E-state index contributed by atoms with van der Waals surface area (Å²) in [5.41, 5.74) is 10.6. The van der Waals surface area contributed by atoms with Crippen molar-refractivity contribution < 1.29 is 9.53 Å². The molecule has 0 aliphatic rings. The molecule has 0 N–H and O–H groups in total. The lowest BCUT2D eigenvalue weighted by Gasteiger charge is -2.11. The molecule has 2 aromatic heterocycles. The van der Waals surface area contributed by atoms with Gasteiger partial charge in [0.25, 0.3) is 0 Å². The van der Waals surface area contributed by atoms with E-state index in [1.165, 1.54) is 27.4 Å². The summed E-state index contributed by atoms with van der Waals surface area (Å²) in [5.74, 6) is -0.376. The molecule has 45 heavy (non-hydrogen) atoms. The lowest BCUT2D eigenvalue weighted by Crippen LogP contribution is -2.04. The van der Waals surface area contributed by atoms with Gasteiger partial charge in [-0.25, -0.2) is 4.79 Å². The van der Waals surface area contributed by atoms with Crippen LogP contribution in [0.2, 0.25) is 0 Å². The van der Waals surface area contributed by atoms with Gasteiger partial charge in [-0.3, -0.25) is 0 Å². The van der Waals surface area contributed by atoms with Crippen LogP contribution in [0.15, 0.2) is 152 Å². The van der Waals surface area contributed by atoms with E-state index in [1.807, 2.05) is 6.07 Å². The number of nitrogens with zero attached hydrogens (tertiary/aromatic N) is 2. The molecule has 4 heteroatoms. The number of benzene rings is 6. The third kappa shape index (κ3) is 4.50. The highest BCUT2D eigenvalue weighted by molar-refractivity contribution is 6.10. The first kappa shape index (κ1) is 26.7. The first-order chi connectivity index (χ1) is 22.1. The van der Waals surface area contributed by atoms with Gasteiger partial charge in [-0.2, -0.15) is 0 Å². The summed E-state index contributed by atoms with van der Waals surface area (Å²) >= 11 is 0. The van der Waals surface area contributed by atoms with Crippen LogP contribution in [0, 0.1) is 0 Å². The van der Waals surface area contributed by atoms with Crippen LogP contribution in [0.4, 0.5) is 0 Å². The molecule has 216 valence electrons. The van der Waals surface area contributed by atoms with Crippen molar-refractivity contribution in [3.05, 3.63) is 157 Å². The van der Waals surface area contributed by atoms with Gasteiger partial charge in [0.1, 0.15) is 6.61 Å². The lowest BCUT2D eigenvalue weighted by atomic mass is 10.0. The van der Waals surface area contributed by atoms with Crippen molar-refractivity contribution in [3.63, 3.8) is 0 Å². The number of esters is 1. The highest BCUT2D eigenvalue weighted by Gasteiger charge is 2.15. The monoisotopic (exact) mass is 582 g/mol. The Morgan fingerprint density at radius 2 is 0.978 bits per heavy atom. The quantitative estimate of drug-likeness (QED) is 0.144. The van der Waals surface area contributed by atoms with E-state index >= 15 is 0 Å². The van der Waals surface area contributed by atoms with Gasteiger partial charge in [0, 0.05) is 38.5 Å². The Kier molecular flexibility index (Phi) is 6.35. The summed E-state index contributed by atoms with van der Waals surface area (Å²) in [6, 6.07) is 49.4. The van der Waals surface area contributed by atoms with Gasteiger partial charge in [0.15, 0.2) is 0 Å². The Hall–Kier alpha value is -5.87. The summed E-state index contributed by atoms with van der Waals surface area (Å²) in [5, 5.41) is 4.81.